The molecule has 0 unspecified atom stereocenters. The van der Waals surface area contributed by atoms with Crippen molar-refractivity contribution in [3.63, 3.8) is 0 Å². The van der Waals surface area contributed by atoms with Crippen molar-refractivity contribution in [2.24, 2.45) is 0 Å². The topological polar surface area (TPSA) is 62.3 Å². The van der Waals surface area contributed by atoms with Gasteiger partial charge < -0.3 is 10.2 Å². The van der Waals surface area contributed by atoms with Crippen LogP contribution in [0.15, 0.2) is 54.6 Å². The number of nitrogens with one attached hydrogen (secondary N) is 1. The number of carbonyl (C=O) groups is 2. The minimum atomic E-state index is -0.245. The predicted octanol–water partition coefficient (Wildman–Crippen LogP) is 4.85. The Hall–Kier alpha value is -3.28. The number of amides is 2. The first kappa shape index (κ1) is 22.9. The number of halogens is 1. The summed E-state index contributed by atoms with van der Waals surface area (Å²) in [5.41, 5.74) is 3.33. The van der Waals surface area contributed by atoms with E-state index < -0.39 is 0 Å². The van der Waals surface area contributed by atoms with Crippen LogP contribution in [0.2, 0.25) is 0 Å². The number of hydrogen-bond acceptors (Lipinski definition) is 3. The summed E-state index contributed by atoms with van der Waals surface area (Å²) in [5.74, 6) is -0.0962. The van der Waals surface area contributed by atoms with Gasteiger partial charge in [-0.2, -0.15) is 0 Å². The maximum atomic E-state index is 13.0. The van der Waals surface area contributed by atoms with Crippen LogP contribution in [0.1, 0.15) is 60.6 Å². The maximum absolute atomic E-state index is 13.0. The average Bonchev–Trinajstić information content (AvgIpc) is 3.29. The van der Waals surface area contributed by atoms with Crippen LogP contribution in [0.3, 0.4) is 0 Å². The molecule has 2 heterocycles. The van der Waals surface area contributed by atoms with E-state index in [9.17, 15) is 14.0 Å². The van der Waals surface area contributed by atoms with Crippen molar-refractivity contribution in [3.05, 3.63) is 77.2 Å². The van der Waals surface area contributed by atoms with E-state index in [4.69, 9.17) is 4.98 Å². The van der Waals surface area contributed by atoms with Crippen molar-refractivity contribution < 1.29 is 14.0 Å². The van der Waals surface area contributed by atoms with Crippen LogP contribution in [-0.2, 0) is 11.2 Å². The Labute approximate surface area is 194 Å². The van der Waals surface area contributed by atoms with Crippen LogP contribution in [0.4, 0.5) is 4.39 Å². The van der Waals surface area contributed by atoms with Gasteiger partial charge in [0.05, 0.1) is 11.1 Å². The second-order valence-electron chi connectivity index (χ2n) is 9.05. The van der Waals surface area contributed by atoms with Gasteiger partial charge in [-0.25, -0.2) is 4.39 Å². The molecule has 0 saturated carbocycles. The second-order valence-corrected chi connectivity index (χ2v) is 9.05. The zero-order chi connectivity index (χ0) is 23.4. The summed E-state index contributed by atoms with van der Waals surface area (Å²) >= 11 is 0. The van der Waals surface area contributed by atoms with Gasteiger partial charge in [-0.3, -0.25) is 14.6 Å². The van der Waals surface area contributed by atoms with Crippen molar-refractivity contribution in [2.75, 3.05) is 13.1 Å². The summed E-state index contributed by atoms with van der Waals surface area (Å²) in [6, 6.07) is 16.1. The SMILES string of the molecule is CC(C)NC(=O)c1cc([C@H]2CCN(C(=O)CCCc3ccc(F)cc3)C2)nc2ccccc12. The zero-order valence-electron chi connectivity index (χ0n) is 19.2. The number of fused-ring (bicyclic) bond motifs is 1. The van der Waals surface area contributed by atoms with E-state index in [1.54, 1.807) is 12.1 Å². The monoisotopic (exact) mass is 447 g/mol. The van der Waals surface area contributed by atoms with E-state index >= 15 is 0 Å². The molecule has 2 aromatic carbocycles. The standard InChI is InChI=1S/C27H30FN3O2/c1-18(2)29-27(33)23-16-25(30-24-8-4-3-7-22(23)24)20-14-15-31(17-20)26(32)9-5-6-19-10-12-21(28)13-11-19/h3-4,7-8,10-13,16,18,20H,5-6,9,14-15,17H2,1-2H3,(H,29,33)/t20-/m0/s1. The van der Waals surface area contributed by atoms with E-state index in [1.807, 2.05) is 49.1 Å². The average molecular weight is 448 g/mol. The molecule has 0 aliphatic carbocycles. The molecule has 1 aromatic heterocycles. The van der Waals surface area contributed by atoms with Crippen LogP contribution in [0.25, 0.3) is 10.9 Å². The van der Waals surface area contributed by atoms with E-state index in [2.05, 4.69) is 5.32 Å². The van der Waals surface area contributed by atoms with E-state index in [1.165, 1.54) is 12.1 Å². The fourth-order valence-corrected chi connectivity index (χ4v) is 4.41. The fourth-order valence-electron chi connectivity index (χ4n) is 4.41. The second kappa shape index (κ2) is 10.1. The molecule has 1 fully saturated rings. The van der Waals surface area contributed by atoms with Gasteiger partial charge in [0, 0.05) is 42.6 Å². The summed E-state index contributed by atoms with van der Waals surface area (Å²) in [5, 5.41) is 3.82. The Balaban J connectivity index is 1.42. The summed E-state index contributed by atoms with van der Waals surface area (Å²) in [7, 11) is 0. The van der Waals surface area contributed by atoms with Gasteiger partial charge in [0.15, 0.2) is 0 Å². The van der Waals surface area contributed by atoms with E-state index in [0.29, 0.717) is 25.1 Å². The quantitative estimate of drug-likeness (QED) is 0.563. The molecule has 1 aliphatic heterocycles. The molecule has 0 bridgehead atoms. The summed E-state index contributed by atoms with van der Waals surface area (Å²) in [6.07, 6.45) is 2.79. The molecule has 172 valence electrons. The lowest BCUT2D eigenvalue weighted by Gasteiger charge is -2.18. The lowest BCUT2D eigenvalue weighted by atomic mass is 9.99. The van der Waals surface area contributed by atoms with Gasteiger partial charge in [0.25, 0.3) is 5.91 Å². The highest BCUT2D eigenvalue weighted by Crippen LogP contribution is 2.30. The third kappa shape index (κ3) is 5.56. The van der Waals surface area contributed by atoms with Crippen LogP contribution in [-0.4, -0.2) is 40.8 Å². The lowest BCUT2D eigenvalue weighted by Crippen LogP contribution is -2.30. The number of likely N-dealkylation sites (tertiary alicyclic amines) is 1. The molecule has 5 nitrogen and oxygen atoms in total. The smallest absolute Gasteiger partial charge is 0.252 e. The van der Waals surface area contributed by atoms with Crippen molar-refractivity contribution in [1.29, 1.82) is 0 Å². The molecular weight excluding hydrogens is 417 g/mol. The molecule has 4 rings (SSSR count). The van der Waals surface area contributed by atoms with E-state index in [-0.39, 0.29) is 29.6 Å². The van der Waals surface area contributed by atoms with Gasteiger partial charge >= 0.3 is 0 Å². The van der Waals surface area contributed by atoms with Crippen LogP contribution in [0, 0.1) is 5.82 Å². The summed E-state index contributed by atoms with van der Waals surface area (Å²) < 4.78 is 13.0. The number of aryl methyl sites for hydroxylation is 1. The van der Waals surface area contributed by atoms with Crippen LogP contribution < -0.4 is 5.32 Å². The van der Waals surface area contributed by atoms with Crippen LogP contribution in [0.5, 0.6) is 0 Å². The summed E-state index contributed by atoms with van der Waals surface area (Å²) in [6.45, 7) is 5.20. The number of aromatic nitrogens is 1. The van der Waals surface area contributed by atoms with E-state index in [0.717, 1.165) is 41.4 Å². The third-order valence-electron chi connectivity index (χ3n) is 6.13. The number of carbonyl (C=O) groups excluding carboxylic acids is 2. The molecule has 3 aromatic rings. The third-order valence-corrected chi connectivity index (χ3v) is 6.13. The Kier molecular flexibility index (Phi) is 7.02. The van der Waals surface area contributed by atoms with Gasteiger partial charge in [0.2, 0.25) is 5.91 Å². The Morgan fingerprint density at radius 1 is 1.15 bits per heavy atom. The van der Waals surface area contributed by atoms with Crippen molar-refractivity contribution >= 4 is 22.7 Å². The van der Waals surface area contributed by atoms with Crippen molar-refractivity contribution in [3.8, 4) is 0 Å². The first-order valence-corrected chi connectivity index (χ1v) is 11.6. The van der Waals surface area contributed by atoms with Crippen molar-refractivity contribution in [1.82, 2.24) is 15.2 Å². The minimum Gasteiger partial charge on any atom is -0.350 e. The molecule has 1 atom stereocenters. The molecule has 1 aliphatic rings. The summed E-state index contributed by atoms with van der Waals surface area (Å²) in [4.78, 5) is 32.3. The molecule has 2 amide bonds. The molecule has 0 spiro atoms. The fraction of sp³-hybridized carbons (Fsp3) is 0.370. The zero-order valence-corrected chi connectivity index (χ0v) is 19.2. The normalized spacial score (nSPS) is 15.9. The van der Waals surface area contributed by atoms with Gasteiger partial charge in [-0.05, 0) is 62.9 Å². The molecule has 1 N–H and O–H groups in total. The van der Waals surface area contributed by atoms with Gasteiger partial charge in [-0.1, -0.05) is 30.3 Å². The number of rotatable bonds is 7. The first-order valence-electron chi connectivity index (χ1n) is 11.6. The number of pyridine rings is 1. The number of benzene rings is 2. The lowest BCUT2D eigenvalue weighted by molar-refractivity contribution is -0.130. The highest BCUT2D eigenvalue weighted by Gasteiger charge is 2.29. The highest BCUT2D eigenvalue weighted by molar-refractivity contribution is 6.06. The molecular formula is C27H30FN3O2. The maximum Gasteiger partial charge on any atom is 0.252 e. The van der Waals surface area contributed by atoms with Gasteiger partial charge in [-0.15, -0.1) is 0 Å². The molecule has 33 heavy (non-hydrogen) atoms. The highest BCUT2D eigenvalue weighted by atomic mass is 19.1. The first-order chi connectivity index (χ1) is 15.9. The molecule has 0 radical (unpaired) electrons. The molecule has 1 saturated heterocycles. The number of hydrogen-bond donors (Lipinski definition) is 1. The minimum absolute atomic E-state index is 0.0439. The van der Waals surface area contributed by atoms with Crippen LogP contribution >= 0.6 is 0 Å². The van der Waals surface area contributed by atoms with Gasteiger partial charge in [0.1, 0.15) is 5.82 Å². The number of para-hydroxylation sites is 1. The van der Waals surface area contributed by atoms with Crippen molar-refractivity contribution in [2.45, 2.75) is 51.5 Å². The number of nitrogens with zero attached hydrogens (tertiary/aromatic N) is 2. The Morgan fingerprint density at radius 2 is 1.91 bits per heavy atom. The predicted molar refractivity (Wildman–Crippen MR) is 128 cm³/mol. The Bertz CT molecular complexity index is 1140. The Morgan fingerprint density at radius 3 is 2.67 bits per heavy atom. The largest absolute Gasteiger partial charge is 0.350 e. The molecule has 6 heteroatoms.